The highest BCUT2D eigenvalue weighted by Gasteiger charge is 2.24. The number of methoxy groups -OCH3 is 1. The van der Waals surface area contributed by atoms with Crippen molar-refractivity contribution in [1.82, 2.24) is 0 Å². The topological polar surface area (TPSA) is 83.4 Å². The number of para-hydroxylation sites is 1. The summed E-state index contributed by atoms with van der Waals surface area (Å²) < 4.78 is 21.7. The maximum atomic E-state index is 12.7. The first-order valence-corrected chi connectivity index (χ1v) is 10.8. The molecule has 0 fully saturated rings. The number of halogens is 1. The molecule has 0 amide bonds. The third-order valence-electron chi connectivity index (χ3n) is 4.81. The summed E-state index contributed by atoms with van der Waals surface area (Å²) in [7, 11) is 1.48. The molecular weight excluding hydrogens is 458 g/mol. The average Bonchev–Trinajstić information content (AvgIpc) is 3.21. The van der Waals surface area contributed by atoms with Gasteiger partial charge in [-0.05, 0) is 67.1 Å². The highest BCUT2D eigenvalue weighted by atomic mass is 35.5. The van der Waals surface area contributed by atoms with Gasteiger partial charge in [-0.1, -0.05) is 29.8 Å². The number of ether oxygens (including phenoxy) is 4. The Labute approximate surface area is 201 Å². The van der Waals surface area contributed by atoms with Gasteiger partial charge >= 0.3 is 11.9 Å². The lowest BCUT2D eigenvalue weighted by Crippen LogP contribution is -2.11. The van der Waals surface area contributed by atoms with E-state index < -0.39 is 11.9 Å². The van der Waals surface area contributed by atoms with Gasteiger partial charge in [0, 0.05) is 10.6 Å². The number of cyclic esters (lactones) is 1. The van der Waals surface area contributed by atoms with Crippen molar-refractivity contribution >= 4 is 35.5 Å². The van der Waals surface area contributed by atoms with Gasteiger partial charge in [0.15, 0.2) is 17.2 Å². The van der Waals surface area contributed by atoms with Gasteiger partial charge in [0.25, 0.3) is 0 Å². The van der Waals surface area contributed by atoms with Crippen molar-refractivity contribution in [3.05, 3.63) is 94.1 Å². The number of rotatable bonds is 7. The largest absolute Gasteiger partial charge is 0.496 e. The van der Waals surface area contributed by atoms with Crippen LogP contribution in [-0.2, 0) is 9.53 Å². The lowest BCUT2D eigenvalue weighted by Gasteiger charge is -2.12. The molecule has 8 heteroatoms. The molecule has 0 saturated carbocycles. The second-order valence-electron chi connectivity index (χ2n) is 7.07. The van der Waals surface area contributed by atoms with Crippen molar-refractivity contribution in [2.75, 3.05) is 13.7 Å². The monoisotopic (exact) mass is 477 g/mol. The van der Waals surface area contributed by atoms with E-state index in [0.29, 0.717) is 34.3 Å². The molecule has 0 atom stereocenters. The van der Waals surface area contributed by atoms with E-state index in [4.69, 9.17) is 30.5 Å². The SMILES string of the molecule is CCOc1cc(/C=C2/N=C(c3ccc(Cl)cc3)OC2=O)ccc1OC(=O)c1ccccc1OC. The highest BCUT2D eigenvalue weighted by Crippen LogP contribution is 2.32. The minimum atomic E-state index is -0.582. The Morgan fingerprint density at radius 1 is 1.03 bits per heavy atom. The Balaban J connectivity index is 1.60. The Hall–Kier alpha value is -4.10. The molecule has 34 heavy (non-hydrogen) atoms. The van der Waals surface area contributed by atoms with Gasteiger partial charge in [0.2, 0.25) is 5.90 Å². The van der Waals surface area contributed by atoms with E-state index in [9.17, 15) is 9.59 Å². The van der Waals surface area contributed by atoms with Crippen LogP contribution in [0.3, 0.4) is 0 Å². The molecule has 1 heterocycles. The molecule has 4 rings (SSSR count). The summed E-state index contributed by atoms with van der Waals surface area (Å²) in [5, 5.41) is 0.569. The van der Waals surface area contributed by atoms with Crippen LogP contribution >= 0.6 is 11.6 Å². The van der Waals surface area contributed by atoms with Gasteiger partial charge in [-0.3, -0.25) is 0 Å². The second-order valence-corrected chi connectivity index (χ2v) is 7.51. The normalized spacial score (nSPS) is 13.9. The first kappa shape index (κ1) is 23.1. The summed E-state index contributed by atoms with van der Waals surface area (Å²) in [5.41, 5.74) is 1.67. The summed E-state index contributed by atoms with van der Waals surface area (Å²) in [5.74, 6) is 0.0181. The number of hydrogen-bond acceptors (Lipinski definition) is 7. The van der Waals surface area contributed by atoms with Crippen LogP contribution < -0.4 is 14.2 Å². The summed E-state index contributed by atoms with van der Waals surface area (Å²) in [4.78, 5) is 29.3. The fourth-order valence-electron chi connectivity index (χ4n) is 3.22. The Morgan fingerprint density at radius 2 is 1.79 bits per heavy atom. The zero-order valence-corrected chi connectivity index (χ0v) is 19.2. The number of nitrogens with zero attached hydrogens (tertiary/aromatic N) is 1. The maximum absolute atomic E-state index is 12.7. The Kier molecular flexibility index (Phi) is 6.94. The lowest BCUT2D eigenvalue weighted by molar-refractivity contribution is -0.129. The highest BCUT2D eigenvalue weighted by molar-refractivity contribution is 6.30. The molecular formula is C26H20ClNO6. The third kappa shape index (κ3) is 5.10. The zero-order chi connectivity index (χ0) is 24.1. The van der Waals surface area contributed by atoms with Crippen molar-refractivity contribution in [3.8, 4) is 17.2 Å². The van der Waals surface area contributed by atoms with Crippen LogP contribution in [0, 0.1) is 0 Å². The van der Waals surface area contributed by atoms with Gasteiger partial charge in [0.1, 0.15) is 11.3 Å². The standard InChI is InChI=1S/C26H20ClNO6/c1-3-32-23-15-16(8-13-22(23)33-25(29)19-6-4-5-7-21(19)31-2)14-20-26(30)34-24(28-20)17-9-11-18(27)12-10-17/h4-15H,3H2,1-2H3/b20-14+. The molecule has 172 valence electrons. The van der Waals surface area contributed by atoms with Crippen molar-refractivity contribution in [2.45, 2.75) is 6.92 Å². The van der Waals surface area contributed by atoms with Gasteiger partial charge in [-0.15, -0.1) is 0 Å². The molecule has 0 N–H and O–H groups in total. The van der Waals surface area contributed by atoms with Gasteiger partial charge in [-0.25, -0.2) is 14.6 Å². The van der Waals surface area contributed by atoms with E-state index in [2.05, 4.69) is 4.99 Å². The van der Waals surface area contributed by atoms with Gasteiger partial charge in [0.05, 0.1) is 13.7 Å². The summed E-state index contributed by atoms with van der Waals surface area (Å²) >= 11 is 5.91. The third-order valence-corrected chi connectivity index (χ3v) is 5.06. The summed E-state index contributed by atoms with van der Waals surface area (Å²) in [6.07, 6.45) is 1.57. The van der Waals surface area contributed by atoms with Gasteiger partial charge < -0.3 is 18.9 Å². The molecule has 0 saturated heterocycles. The van der Waals surface area contributed by atoms with Crippen LogP contribution in [0.4, 0.5) is 0 Å². The van der Waals surface area contributed by atoms with Crippen LogP contribution in [-0.4, -0.2) is 31.6 Å². The van der Waals surface area contributed by atoms with E-state index in [1.54, 1.807) is 72.8 Å². The molecule has 0 aliphatic carbocycles. The smallest absolute Gasteiger partial charge is 0.363 e. The van der Waals surface area contributed by atoms with Crippen LogP contribution in [0.25, 0.3) is 6.08 Å². The predicted octanol–water partition coefficient (Wildman–Crippen LogP) is 5.31. The van der Waals surface area contributed by atoms with E-state index in [-0.39, 0.29) is 22.9 Å². The minimum absolute atomic E-state index is 0.131. The molecule has 0 spiro atoms. The molecule has 0 bridgehead atoms. The van der Waals surface area contributed by atoms with Crippen LogP contribution in [0.5, 0.6) is 17.2 Å². The van der Waals surface area contributed by atoms with Gasteiger partial charge in [-0.2, -0.15) is 0 Å². The number of aliphatic imine (C=N–C) groups is 1. The van der Waals surface area contributed by atoms with E-state index >= 15 is 0 Å². The molecule has 7 nitrogen and oxygen atoms in total. The molecule has 0 aromatic heterocycles. The first-order chi connectivity index (χ1) is 16.5. The molecule has 0 unspecified atom stereocenters. The maximum Gasteiger partial charge on any atom is 0.363 e. The quantitative estimate of drug-likeness (QED) is 0.260. The van der Waals surface area contributed by atoms with Crippen molar-refractivity contribution in [2.24, 2.45) is 4.99 Å². The lowest BCUT2D eigenvalue weighted by atomic mass is 10.1. The van der Waals surface area contributed by atoms with Crippen molar-refractivity contribution in [1.29, 1.82) is 0 Å². The zero-order valence-electron chi connectivity index (χ0n) is 18.4. The number of carbonyl (C=O) groups excluding carboxylic acids is 2. The fourth-order valence-corrected chi connectivity index (χ4v) is 3.34. The first-order valence-electron chi connectivity index (χ1n) is 10.4. The summed E-state index contributed by atoms with van der Waals surface area (Å²) in [6, 6.07) is 18.5. The Morgan fingerprint density at radius 3 is 2.53 bits per heavy atom. The molecule has 3 aromatic carbocycles. The van der Waals surface area contributed by atoms with Crippen LogP contribution in [0.2, 0.25) is 5.02 Å². The average molecular weight is 478 g/mol. The van der Waals surface area contributed by atoms with E-state index in [1.807, 2.05) is 6.92 Å². The Bertz CT molecular complexity index is 1300. The fraction of sp³-hybridized carbons (Fsp3) is 0.115. The second kappa shape index (κ2) is 10.2. The molecule has 1 aliphatic rings. The number of carbonyl (C=O) groups is 2. The number of esters is 2. The molecule has 0 radical (unpaired) electrons. The minimum Gasteiger partial charge on any atom is -0.496 e. The molecule has 3 aromatic rings. The van der Waals surface area contributed by atoms with E-state index in [1.165, 1.54) is 7.11 Å². The summed E-state index contributed by atoms with van der Waals surface area (Å²) in [6.45, 7) is 2.16. The van der Waals surface area contributed by atoms with Crippen LogP contribution in [0.1, 0.15) is 28.4 Å². The van der Waals surface area contributed by atoms with E-state index in [0.717, 1.165) is 0 Å². The van der Waals surface area contributed by atoms with Crippen molar-refractivity contribution in [3.63, 3.8) is 0 Å². The number of benzene rings is 3. The predicted molar refractivity (Wildman–Crippen MR) is 128 cm³/mol. The van der Waals surface area contributed by atoms with Crippen molar-refractivity contribution < 1.29 is 28.5 Å². The van der Waals surface area contributed by atoms with Crippen LogP contribution in [0.15, 0.2) is 77.4 Å². The molecule has 1 aliphatic heterocycles. The number of hydrogen-bond donors (Lipinski definition) is 0.